The third-order valence-electron chi connectivity index (χ3n) is 3.93. The molecule has 3 aromatic rings. The summed E-state index contributed by atoms with van der Waals surface area (Å²) in [6.07, 6.45) is 0. The van der Waals surface area contributed by atoms with Crippen molar-refractivity contribution >= 4 is 39.6 Å². The Bertz CT molecular complexity index is 974. The van der Waals surface area contributed by atoms with Crippen molar-refractivity contribution in [2.24, 2.45) is 0 Å². The molecule has 0 radical (unpaired) electrons. The van der Waals surface area contributed by atoms with Crippen molar-refractivity contribution in [2.75, 3.05) is 11.9 Å². The summed E-state index contributed by atoms with van der Waals surface area (Å²) in [6.45, 7) is 5.83. The van der Waals surface area contributed by atoms with Gasteiger partial charge in [-0.25, -0.2) is 4.98 Å². The van der Waals surface area contributed by atoms with Crippen LogP contribution in [0.15, 0.2) is 35.7 Å². The monoisotopic (exact) mass is 415 g/mol. The number of thiophene rings is 1. The predicted molar refractivity (Wildman–Crippen MR) is 113 cm³/mol. The number of nitrogens with one attached hydrogen (secondary N) is 2. The minimum Gasteiger partial charge on any atom is -0.483 e. The molecule has 8 heteroatoms. The van der Waals surface area contributed by atoms with E-state index in [4.69, 9.17) is 4.74 Å². The summed E-state index contributed by atoms with van der Waals surface area (Å²) < 4.78 is 5.67. The van der Waals surface area contributed by atoms with Gasteiger partial charge in [-0.15, -0.1) is 22.7 Å². The first-order chi connectivity index (χ1) is 13.4. The third kappa shape index (κ3) is 5.17. The van der Waals surface area contributed by atoms with Gasteiger partial charge in [0.25, 0.3) is 5.91 Å². The zero-order chi connectivity index (χ0) is 20.1. The Hall–Kier alpha value is -2.71. The zero-order valence-corrected chi connectivity index (χ0v) is 17.5. The van der Waals surface area contributed by atoms with Crippen LogP contribution < -0.4 is 15.4 Å². The maximum absolute atomic E-state index is 12.2. The number of nitrogens with zero attached hydrogens (tertiary/aromatic N) is 1. The average Bonchev–Trinajstić information content (AvgIpc) is 3.28. The van der Waals surface area contributed by atoms with Crippen molar-refractivity contribution in [3.05, 3.63) is 51.7 Å². The Balaban J connectivity index is 1.57. The van der Waals surface area contributed by atoms with E-state index in [-0.39, 0.29) is 18.4 Å². The van der Waals surface area contributed by atoms with Gasteiger partial charge in [-0.1, -0.05) is 18.2 Å². The number of carbonyl (C=O) groups excluding carboxylic acids is 2. The molecule has 0 bridgehead atoms. The number of rotatable bonds is 7. The number of aryl methyl sites for hydroxylation is 2. The molecule has 0 aliphatic heterocycles. The fraction of sp³-hybridized carbons (Fsp3) is 0.250. The summed E-state index contributed by atoms with van der Waals surface area (Å²) in [6, 6.07) is 9.79. The maximum Gasteiger partial charge on any atom is 0.264 e. The van der Waals surface area contributed by atoms with Gasteiger partial charge in [0.05, 0.1) is 17.1 Å². The van der Waals surface area contributed by atoms with Gasteiger partial charge in [-0.3, -0.25) is 14.9 Å². The number of aromatic nitrogens is 1. The molecule has 3 rings (SSSR count). The average molecular weight is 416 g/mol. The highest BCUT2D eigenvalue weighted by molar-refractivity contribution is 7.17. The second kappa shape index (κ2) is 8.99. The number of hydrogen-bond donors (Lipinski definition) is 2. The van der Waals surface area contributed by atoms with Crippen molar-refractivity contribution in [3.8, 4) is 16.3 Å². The Labute approximate surface area is 171 Å². The largest absolute Gasteiger partial charge is 0.483 e. The number of anilines is 1. The van der Waals surface area contributed by atoms with E-state index in [2.05, 4.69) is 15.6 Å². The van der Waals surface area contributed by atoms with E-state index in [0.29, 0.717) is 11.7 Å². The lowest BCUT2D eigenvalue weighted by Crippen LogP contribution is -2.20. The normalized spacial score (nSPS) is 10.5. The zero-order valence-electron chi connectivity index (χ0n) is 15.9. The number of thiazole rings is 1. The minimum atomic E-state index is -0.249. The lowest BCUT2D eigenvalue weighted by molar-refractivity contribution is -0.119. The highest BCUT2D eigenvalue weighted by atomic mass is 32.1. The molecule has 1 aromatic carbocycles. The smallest absolute Gasteiger partial charge is 0.264 e. The summed E-state index contributed by atoms with van der Waals surface area (Å²) in [5, 5.41) is 7.98. The lowest BCUT2D eigenvalue weighted by atomic mass is 10.1. The molecule has 0 aliphatic rings. The summed E-state index contributed by atoms with van der Waals surface area (Å²) in [7, 11) is 0. The van der Waals surface area contributed by atoms with Gasteiger partial charge in [0, 0.05) is 17.2 Å². The quantitative estimate of drug-likeness (QED) is 0.608. The summed E-state index contributed by atoms with van der Waals surface area (Å²) in [5.74, 6) is 0.431. The lowest BCUT2D eigenvalue weighted by Gasteiger charge is -2.11. The minimum absolute atomic E-state index is 0.0586. The van der Waals surface area contributed by atoms with Crippen LogP contribution in [0.25, 0.3) is 10.6 Å². The fourth-order valence-electron chi connectivity index (χ4n) is 2.59. The molecule has 0 saturated heterocycles. The van der Waals surface area contributed by atoms with Crippen LogP contribution in [0.5, 0.6) is 5.75 Å². The summed E-state index contributed by atoms with van der Waals surface area (Å²) in [4.78, 5) is 29.7. The van der Waals surface area contributed by atoms with Gasteiger partial charge < -0.3 is 10.1 Å². The first kappa shape index (κ1) is 20.0. The third-order valence-corrected chi connectivity index (χ3v) is 5.80. The number of amides is 2. The highest BCUT2D eigenvalue weighted by Gasteiger charge is 2.12. The van der Waals surface area contributed by atoms with Crippen LogP contribution in [0.2, 0.25) is 0 Å². The molecule has 2 aromatic heterocycles. The van der Waals surface area contributed by atoms with Gasteiger partial charge in [-0.2, -0.15) is 0 Å². The second-order valence-corrected chi connectivity index (χ2v) is 8.30. The first-order valence-electron chi connectivity index (χ1n) is 8.70. The van der Waals surface area contributed by atoms with E-state index in [9.17, 15) is 9.59 Å². The number of para-hydroxylation sites is 1. The molecular formula is C20H21N3O3S2. The number of hydrogen-bond acceptors (Lipinski definition) is 6. The Morgan fingerprint density at radius 1 is 1.14 bits per heavy atom. The molecular weight excluding hydrogens is 394 g/mol. The van der Waals surface area contributed by atoms with Gasteiger partial charge >= 0.3 is 0 Å². The molecule has 2 N–H and O–H groups in total. The van der Waals surface area contributed by atoms with Crippen LogP contribution in [0.4, 0.5) is 5.13 Å². The highest BCUT2D eigenvalue weighted by Crippen LogP contribution is 2.31. The van der Waals surface area contributed by atoms with Gasteiger partial charge in [-0.05, 0) is 37.1 Å². The molecule has 146 valence electrons. The molecule has 0 atom stereocenters. The topological polar surface area (TPSA) is 80.3 Å². The van der Waals surface area contributed by atoms with Crippen LogP contribution in [-0.4, -0.2) is 23.4 Å². The Morgan fingerprint density at radius 3 is 2.61 bits per heavy atom. The standard InChI is InChI=1S/C20H21N3O3S2/c1-12-5-4-6-13(2)19(12)26-10-18(25)23-20-22-16(11-27-20)17-8-7-15(28-17)9-21-14(3)24/h4-8,11H,9-10H2,1-3H3,(H,21,24)(H,22,23,25). The van der Waals surface area contributed by atoms with Crippen LogP contribution in [0, 0.1) is 13.8 Å². The Kier molecular flexibility index (Phi) is 6.43. The molecule has 0 unspecified atom stereocenters. The first-order valence-corrected chi connectivity index (χ1v) is 10.4. The molecule has 6 nitrogen and oxygen atoms in total. The van der Waals surface area contributed by atoms with E-state index in [0.717, 1.165) is 32.3 Å². The summed E-state index contributed by atoms with van der Waals surface area (Å²) in [5.41, 5.74) is 2.80. The van der Waals surface area contributed by atoms with Crippen molar-refractivity contribution in [1.82, 2.24) is 10.3 Å². The maximum atomic E-state index is 12.2. The molecule has 2 heterocycles. The van der Waals surface area contributed by atoms with Crippen LogP contribution in [0.1, 0.15) is 22.9 Å². The van der Waals surface area contributed by atoms with Gasteiger partial charge in [0.1, 0.15) is 5.75 Å². The van der Waals surface area contributed by atoms with Crippen molar-refractivity contribution in [1.29, 1.82) is 0 Å². The van der Waals surface area contributed by atoms with Crippen LogP contribution >= 0.6 is 22.7 Å². The van der Waals surface area contributed by atoms with E-state index >= 15 is 0 Å². The number of carbonyl (C=O) groups is 2. The molecule has 0 aliphatic carbocycles. The van der Waals surface area contributed by atoms with Crippen LogP contribution in [-0.2, 0) is 16.1 Å². The van der Waals surface area contributed by atoms with Crippen molar-refractivity contribution in [2.45, 2.75) is 27.3 Å². The number of benzene rings is 1. The predicted octanol–water partition coefficient (Wildman–Crippen LogP) is 4.14. The molecule has 0 fully saturated rings. The van der Waals surface area contributed by atoms with Crippen molar-refractivity contribution < 1.29 is 14.3 Å². The van der Waals surface area contributed by atoms with E-state index in [1.807, 2.05) is 49.6 Å². The molecule has 0 spiro atoms. The van der Waals surface area contributed by atoms with Crippen molar-refractivity contribution in [3.63, 3.8) is 0 Å². The van der Waals surface area contributed by atoms with Crippen LogP contribution in [0.3, 0.4) is 0 Å². The van der Waals surface area contributed by atoms with E-state index in [1.165, 1.54) is 18.3 Å². The molecule has 28 heavy (non-hydrogen) atoms. The van der Waals surface area contributed by atoms with Gasteiger partial charge in [0.15, 0.2) is 11.7 Å². The Morgan fingerprint density at radius 2 is 1.89 bits per heavy atom. The van der Waals surface area contributed by atoms with Gasteiger partial charge in [0.2, 0.25) is 5.91 Å². The SMILES string of the molecule is CC(=O)NCc1ccc(-c2csc(NC(=O)COc3c(C)cccc3C)n2)s1. The molecule has 0 saturated carbocycles. The summed E-state index contributed by atoms with van der Waals surface area (Å²) >= 11 is 2.93. The molecule has 2 amide bonds. The fourth-order valence-corrected chi connectivity index (χ4v) is 4.30. The number of ether oxygens (including phenoxy) is 1. The van der Waals surface area contributed by atoms with E-state index < -0.39 is 0 Å². The second-order valence-electron chi connectivity index (χ2n) is 6.27. The van der Waals surface area contributed by atoms with E-state index in [1.54, 1.807) is 11.3 Å².